The van der Waals surface area contributed by atoms with Gasteiger partial charge in [-0.1, -0.05) is 0 Å². The molecule has 0 fully saturated rings. The van der Waals surface area contributed by atoms with Crippen molar-refractivity contribution in [2.24, 2.45) is 0 Å². The van der Waals surface area contributed by atoms with Gasteiger partial charge in [0.15, 0.2) is 5.75 Å². The molecule has 2 aromatic carbocycles. The summed E-state index contributed by atoms with van der Waals surface area (Å²) < 4.78 is 4.83. The van der Waals surface area contributed by atoms with Gasteiger partial charge in [-0.25, -0.2) is 0 Å². The van der Waals surface area contributed by atoms with Gasteiger partial charge in [0.05, 0.1) is 22.6 Å². The van der Waals surface area contributed by atoms with Crippen LogP contribution in [0.3, 0.4) is 0 Å². The standard InChI is InChI=1S/C14H11N3O7/c1-24-13-5-2-8(6-11(13)17(22)23)14(19)15-10-7-9(16(20)21)3-4-12(10)18/h2-7,18H,1H3,(H,15,19). The number of nitrogens with zero attached hydrogens (tertiary/aromatic N) is 2. The molecule has 10 heteroatoms. The molecule has 0 radical (unpaired) electrons. The highest BCUT2D eigenvalue weighted by molar-refractivity contribution is 6.05. The fourth-order valence-corrected chi connectivity index (χ4v) is 1.91. The molecule has 0 heterocycles. The Morgan fingerprint density at radius 1 is 1.12 bits per heavy atom. The first-order valence-electron chi connectivity index (χ1n) is 6.44. The molecule has 0 aliphatic carbocycles. The molecule has 0 aliphatic rings. The molecule has 0 saturated carbocycles. The second-order valence-corrected chi connectivity index (χ2v) is 4.56. The van der Waals surface area contributed by atoms with Gasteiger partial charge in [-0.05, 0) is 18.2 Å². The number of ether oxygens (including phenoxy) is 1. The lowest BCUT2D eigenvalue weighted by atomic mass is 10.1. The molecule has 0 aliphatic heterocycles. The van der Waals surface area contributed by atoms with Crippen molar-refractivity contribution in [1.82, 2.24) is 0 Å². The number of rotatable bonds is 5. The van der Waals surface area contributed by atoms with Crippen LogP contribution < -0.4 is 10.1 Å². The summed E-state index contributed by atoms with van der Waals surface area (Å²) in [4.78, 5) is 32.5. The number of phenolic OH excluding ortho intramolecular Hbond substituents is 1. The van der Waals surface area contributed by atoms with Gasteiger partial charge in [0, 0.05) is 23.8 Å². The van der Waals surface area contributed by atoms with Crippen molar-refractivity contribution in [1.29, 1.82) is 0 Å². The second-order valence-electron chi connectivity index (χ2n) is 4.56. The SMILES string of the molecule is COc1ccc(C(=O)Nc2cc([N+](=O)[O-])ccc2O)cc1[N+](=O)[O-]. The summed E-state index contributed by atoms with van der Waals surface area (Å²) in [6.45, 7) is 0. The third-order valence-corrected chi connectivity index (χ3v) is 3.08. The highest BCUT2D eigenvalue weighted by atomic mass is 16.6. The predicted molar refractivity (Wildman–Crippen MR) is 82.4 cm³/mol. The number of phenols is 1. The van der Waals surface area contributed by atoms with Crippen molar-refractivity contribution in [2.45, 2.75) is 0 Å². The van der Waals surface area contributed by atoms with Crippen molar-refractivity contribution in [3.05, 3.63) is 62.2 Å². The van der Waals surface area contributed by atoms with Crippen LogP contribution in [-0.2, 0) is 0 Å². The van der Waals surface area contributed by atoms with E-state index in [1.807, 2.05) is 0 Å². The fourth-order valence-electron chi connectivity index (χ4n) is 1.91. The number of non-ortho nitro benzene ring substituents is 1. The molecule has 124 valence electrons. The van der Waals surface area contributed by atoms with Crippen LogP contribution in [0.25, 0.3) is 0 Å². The second kappa shape index (κ2) is 6.60. The molecular formula is C14H11N3O7. The molecule has 2 N–H and O–H groups in total. The van der Waals surface area contributed by atoms with E-state index in [4.69, 9.17) is 4.74 Å². The minimum atomic E-state index is -0.781. The van der Waals surface area contributed by atoms with Gasteiger partial charge in [-0.3, -0.25) is 25.0 Å². The lowest BCUT2D eigenvalue weighted by molar-refractivity contribution is -0.385. The summed E-state index contributed by atoms with van der Waals surface area (Å²) in [6.07, 6.45) is 0. The van der Waals surface area contributed by atoms with Gasteiger partial charge in [0.1, 0.15) is 5.75 Å². The Kier molecular flexibility index (Phi) is 4.59. The van der Waals surface area contributed by atoms with Gasteiger partial charge in [-0.2, -0.15) is 0 Å². The number of hydrogen-bond acceptors (Lipinski definition) is 7. The average Bonchev–Trinajstić information content (AvgIpc) is 2.55. The first kappa shape index (κ1) is 16.7. The Bertz CT molecular complexity index is 835. The molecule has 2 rings (SSSR count). The number of aromatic hydroxyl groups is 1. The number of anilines is 1. The average molecular weight is 333 g/mol. The lowest BCUT2D eigenvalue weighted by Crippen LogP contribution is -2.12. The van der Waals surface area contributed by atoms with Crippen LogP contribution in [0.4, 0.5) is 17.1 Å². The van der Waals surface area contributed by atoms with E-state index in [1.165, 1.54) is 19.2 Å². The molecule has 0 unspecified atom stereocenters. The van der Waals surface area contributed by atoms with Crippen LogP contribution in [-0.4, -0.2) is 28.0 Å². The molecule has 2 aromatic rings. The number of methoxy groups -OCH3 is 1. The van der Waals surface area contributed by atoms with Crippen LogP contribution in [0, 0.1) is 20.2 Å². The number of carbonyl (C=O) groups excluding carboxylic acids is 1. The summed E-state index contributed by atoms with van der Waals surface area (Å²) in [5.74, 6) is -1.18. The first-order chi connectivity index (χ1) is 11.3. The van der Waals surface area contributed by atoms with E-state index >= 15 is 0 Å². The Hall–Kier alpha value is -3.69. The Morgan fingerprint density at radius 3 is 2.42 bits per heavy atom. The highest BCUT2D eigenvalue weighted by Crippen LogP contribution is 2.30. The van der Waals surface area contributed by atoms with Crippen molar-refractivity contribution >= 4 is 23.0 Å². The number of benzene rings is 2. The number of nitrogens with one attached hydrogen (secondary N) is 1. The molecular weight excluding hydrogens is 322 g/mol. The minimum Gasteiger partial charge on any atom is -0.506 e. The van der Waals surface area contributed by atoms with Gasteiger partial charge >= 0.3 is 5.69 Å². The number of nitro benzene ring substituents is 2. The van der Waals surface area contributed by atoms with E-state index < -0.39 is 21.4 Å². The van der Waals surface area contributed by atoms with Crippen molar-refractivity contribution in [2.75, 3.05) is 12.4 Å². The van der Waals surface area contributed by atoms with Gasteiger partial charge in [0.25, 0.3) is 11.6 Å². The van der Waals surface area contributed by atoms with Gasteiger partial charge < -0.3 is 15.2 Å². The number of nitro groups is 2. The van der Waals surface area contributed by atoms with Gasteiger partial charge in [-0.15, -0.1) is 0 Å². The maximum atomic E-state index is 12.2. The van der Waals surface area contributed by atoms with Crippen LogP contribution in [0.5, 0.6) is 11.5 Å². The predicted octanol–water partition coefficient (Wildman–Crippen LogP) is 2.47. The molecule has 24 heavy (non-hydrogen) atoms. The van der Waals surface area contributed by atoms with E-state index in [1.54, 1.807) is 0 Å². The zero-order chi connectivity index (χ0) is 17.9. The quantitative estimate of drug-likeness (QED) is 0.485. The number of carbonyl (C=O) groups is 1. The van der Waals surface area contributed by atoms with Gasteiger partial charge in [0.2, 0.25) is 0 Å². The molecule has 0 saturated heterocycles. The first-order valence-corrected chi connectivity index (χ1v) is 6.44. The summed E-state index contributed by atoms with van der Waals surface area (Å²) >= 11 is 0. The summed E-state index contributed by atoms with van der Waals surface area (Å²) in [5, 5.41) is 33.6. The van der Waals surface area contributed by atoms with Crippen LogP contribution >= 0.6 is 0 Å². The molecule has 0 aromatic heterocycles. The van der Waals surface area contributed by atoms with Crippen molar-refractivity contribution in [3.63, 3.8) is 0 Å². The Morgan fingerprint density at radius 2 is 1.83 bits per heavy atom. The molecule has 0 spiro atoms. The summed E-state index contributed by atoms with van der Waals surface area (Å²) in [6, 6.07) is 6.65. The third kappa shape index (κ3) is 3.38. The van der Waals surface area contributed by atoms with E-state index in [9.17, 15) is 30.1 Å². The smallest absolute Gasteiger partial charge is 0.311 e. The topological polar surface area (TPSA) is 145 Å². The maximum absolute atomic E-state index is 12.2. The van der Waals surface area contributed by atoms with Crippen molar-refractivity contribution in [3.8, 4) is 11.5 Å². The zero-order valence-corrected chi connectivity index (χ0v) is 12.3. The van der Waals surface area contributed by atoms with E-state index in [-0.39, 0.29) is 28.4 Å². The monoisotopic (exact) mass is 333 g/mol. The van der Waals surface area contributed by atoms with Crippen molar-refractivity contribution < 1.29 is 24.5 Å². The molecule has 0 atom stereocenters. The molecule has 1 amide bonds. The number of hydrogen-bond donors (Lipinski definition) is 2. The van der Waals surface area contributed by atoms with E-state index in [0.717, 1.165) is 24.3 Å². The van der Waals surface area contributed by atoms with Crippen LogP contribution in [0.15, 0.2) is 36.4 Å². The van der Waals surface area contributed by atoms with E-state index in [2.05, 4.69) is 5.32 Å². The minimum absolute atomic E-state index is 0.0188. The van der Waals surface area contributed by atoms with Crippen LogP contribution in [0.1, 0.15) is 10.4 Å². The molecule has 10 nitrogen and oxygen atoms in total. The zero-order valence-electron chi connectivity index (χ0n) is 12.3. The molecule has 0 bridgehead atoms. The largest absolute Gasteiger partial charge is 0.506 e. The fraction of sp³-hybridized carbons (Fsp3) is 0.0714. The summed E-state index contributed by atoms with van der Waals surface area (Å²) in [7, 11) is 1.25. The third-order valence-electron chi connectivity index (χ3n) is 3.08. The Labute approximate surface area is 134 Å². The lowest BCUT2D eigenvalue weighted by Gasteiger charge is -2.08. The normalized spacial score (nSPS) is 10.0. The van der Waals surface area contributed by atoms with Crippen LogP contribution in [0.2, 0.25) is 0 Å². The summed E-state index contributed by atoms with van der Waals surface area (Å²) in [5.41, 5.74) is -1.00. The maximum Gasteiger partial charge on any atom is 0.311 e. The Balaban J connectivity index is 2.34. The van der Waals surface area contributed by atoms with E-state index in [0.29, 0.717) is 0 Å². The number of amides is 1. The highest BCUT2D eigenvalue weighted by Gasteiger charge is 2.19.